The molecule has 0 aliphatic rings. The molecule has 1 aromatic heterocycles. The zero-order valence-electron chi connectivity index (χ0n) is 18.6. The minimum Gasteiger partial charge on any atom is -0.497 e. The fourth-order valence-corrected chi connectivity index (χ4v) is 3.58. The molecule has 0 spiro atoms. The molecule has 0 amide bonds. The molecule has 4 aromatic rings. The second kappa shape index (κ2) is 9.08. The second-order valence-electron chi connectivity index (χ2n) is 7.27. The Morgan fingerprint density at radius 2 is 1.36 bits per heavy atom. The molecule has 7 nitrogen and oxygen atoms in total. The van der Waals surface area contributed by atoms with Crippen LogP contribution in [-0.2, 0) is 0 Å². The molecule has 3 aromatic carbocycles. The fourth-order valence-electron chi connectivity index (χ4n) is 3.58. The smallest absolute Gasteiger partial charge is 0.344 e. The maximum atomic E-state index is 12.8. The lowest BCUT2D eigenvalue weighted by Crippen LogP contribution is -2.10. The van der Waals surface area contributed by atoms with Crippen LogP contribution in [0.3, 0.4) is 0 Å². The number of benzene rings is 3. The number of ether oxygens (including phenoxy) is 4. The lowest BCUT2D eigenvalue weighted by molar-refractivity contribution is 0.0734. The molecule has 0 aliphatic heterocycles. The number of hydrogen-bond donors (Lipinski definition) is 0. The molecule has 7 heteroatoms. The van der Waals surface area contributed by atoms with Crippen molar-refractivity contribution < 1.29 is 28.2 Å². The lowest BCUT2D eigenvalue weighted by atomic mass is 9.99. The van der Waals surface area contributed by atoms with E-state index in [4.69, 9.17) is 23.4 Å². The van der Waals surface area contributed by atoms with Gasteiger partial charge in [-0.05, 0) is 54.4 Å². The van der Waals surface area contributed by atoms with Gasteiger partial charge in [0.2, 0.25) is 0 Å². The average Bonchev–Trinajstić information content (AvgIpc) is 2.83. The first kappa shape index (κ1) is 22.0. The van der Waals surface area contributed by atoms with Gasteiger partial charge in [-0.3, -0.25) is 0 Å². The first-order valence-corrected chi connectivity index (χ1v) is 10.1. The number of hydrogen-bond acceptors (Lipinski definition) is 7. The number of fused-ring (bicyclic) bond motifs is 1. The van der Waals surface area contributed by atoms with Crippen molar-refractivity contribution in [3.8, 4) is 34.1 Å². The number of methoxy groups -OCH3 is 3. The predicted molar refractivity (Wildman–Crippen MR) is 124 cm³/mol. The van der Waals surface area contributed by atoms with E-state index in [1.807, 2.05) is 19.1 Å². The van der Waals surface area contributed by atoms with Crippen molar-refractivity contribution in [3.63, 3.8) is 0 Å². The van der Waals surface area contributed by atoms with E-state index in [1.54, 1.807) is 49.6 Å². The van der Waals surface area contributed by atoms with Gasteiger partial charge in [0.15, 0.2) is 0 Å². The predicted octanol–water partition coefficient (Wildman–Crippen LogP) is 5.01. The Kier molecular flexibility index (Phi) is 6.04. The van der Waals surface area contributed by atoms with Gasteiger partial charge in [0.1, 0.15) is 28.6 Å². The summed E-state index contributed by atoms with van der Waals surface area (Å²) in [4.78, 5) is 25.4. The van der Waals surface area contributed by atoms with Crippen molar-refractivity contribution in [2.45, 2.75) is 6.92 Å². The van der Waals surface area contributed by atoms with Crippen LogP contribution in [0.2, 0.25) is 0 Å². The van der Waals surface area contributed by atoms with E-state index in [2.05, 4.69) is 0 Å². The topological polar surface area (TPSA) is 84.2 Å². The summed E-state index contributed by atoms with van der Waals surface area (Å²) in [7, 11) is 4.58. The standard InChI is InChI=1S/C26H22O7/c1-15-22-10-9-19(32-25(27)17-11-20(30-3)13-21(12-17)31-4)14-23(22)33-26(28)24(15)16-5-7-18(29-2)8-6-16/h5-14H,1-4H3. The van der Waals surface area contributed by atoms with Crippen LogP contribution in [-0.4, -0.2) is 27.3 Å². The summed E-state index contributed by atoms with van der Waals surface area (Å²) in [6.07, 6.45) is 0. The summed E-state index contributed by atoms with van der Waals surface area (Å²) < 4.78 is 26.6. The number of esters is 1. The number of carbonyl (C=O) groups is 1. The van der Waals surface area contributed by atoms with E-state index in [-0.39, 0.29) is 11.3 Å². The Morgan fingerprint density at radius 3 is 1.97 bits per heavy atom. The Balaban J connectivity index is 1.67. The van der Waals surface area contributed by atoms with Crippen molar-refractivity contribution in [1.82, 2.24) is 0 Å². The van der Waals surface area contributed by atoms with Crippen molar-refractivity contribution >= 4 is 16.9 Å². The molecular weight excluding hydrogens is 424 g/mol. The summed E-state index contributed by atoms with van der Waals surface area (Å²) in [5.74, 6) is 1.27. The van der Waals surface area contributed by atoms with E-state index in [9.17, 15) is 9.59 Å². The number of aryl methyl sites for hydroxylation is 1. The minimum absolute atomic E-state index is 0.244. The Bertz CT molecular complexity index is 1360. The molecule has 0 unspecified atom stereocenters. The van der Waals surface area contributed by atoms with Crippen LogP contribution >= 0.6 is 0 Å². The van der Waals surface area contributed by atoms with E-state index >= 15 is 0 Å². The van der Waals surface area contributed by atoms with Crippen LogP contribution < -0.4 is 24.6 Å². The first-order chi connectivity index (χ1) is 15.9. The summed E-state index contributed by atoms with van der Waals surface area (Å²) in [5, 5.41) is 0.739. The van der Waals surface area contributed by atoms with Gasteiger partial charge in [0.05, 0.1) is 32.5 Å². The van der Waals surface area contributed by atoms with Crippen molar-refractivity contribution in [2.75, 3.05) is 21.3 Å². The van der Waals surface area contributed by atoms with Gasteiger partial charge < -0.3 is 23.4 Å². The van der Waals surface area contributed by atoms with Crippen molar-refractivity contribution in [1.29, 1.82) is 0 Å². The molecule has 0 aliphatic carbocycles. The van der Waals surface area contributed by atoms with Gasteiger partial charge in [-0.15, -0.1) is 0 Å². The normalized spacial score (nSPS) is 10.7. The SMILES string of the molecule is COc1ccc(-c2c(C)c3ccc(OC(=O)c4cc(OC)cc(OC)c4)cc3oc2=O)cc1. The highest BCUT2D eigenvalue weighted by Crippen LogP contribution is 2.30. The monoisotopic (exact) mass is 446 g/mol. The molecule has 0 N–H and O–H groups in total. The Labute approximate surface area is 190 Å². The van der Waals surface area contributed by atoms with Crippen LogP contribution in [0.25, 0.3) is 22.1 Å². The number of carbonyl (C=O) groups excluding carboxylic acids is 1. The van der Waals surface area contributed by atoms with E-state index in [0.29, 0.717) is 28.4 Å². The van der Waals surface area contributed by atoms with Crippen LogP contribution in [0.5, 0.6) is 23.0 Å². The first-order valence-electron chi connectivity index (χ1n) is 10.1. The molecule has 168 valence electrons. The van der Waals surface area contributed by atoms with Gasteiger partial charge in [-0.1, -0.05) is 12.1 Å². The van der Waals surface area contributed by atoms with Gasteiger partial charge >= 0.3 is 11.6 Å². The molecule has 4 rings (SSSR count). The van der Waals surface area contributed by atoms with Crippen LogP contribution in [0.15, 0.2) is 69.9 Å². The van der Waals surface area contributed by atoms with Crippen molar-refractivity contribution in [2.24, 2.45) is 0 Å². The van der Waals surface area contributed by atoms with Gasteiger partial charge in [0.25, 0.3) is 0 Å². The fraction of sp³-hybridized carbons (Fsp3) is 0.154. The maximum Gasteiger partial charge on any atom is 0.344 e. The van der Waals surface area contributed by atoms with E-state index in [1.165, 1.54) is 20.3 Å². The van der Waals surface area contributed by atoms with Gasteiger partial charge in [-0.2, -0.15) is 0 Å². The molecular formula is C26H22O7. The summed E-state index contributed by atoms with van der Waals surface area (Å²) >= 11 is 0. The molecule has 0 saturated heterocycles. The second-order valence-corrected chi connectivity index (χ2v) is 7.27. The average molecular weight is 446 g/mol. The zero-order chi connectivity index (χ0) is 23.5. The molecule has 33 heavy (non-hydrogen) atoms. The molecule has 0 atom stereocenters. The van der Waals surface area contributed by atoms with Crippen LogP contribution in [0, 0.1) is 6.92 Å². The third-order valence-electron chi connectivity index (χ3n) is 5.32. The van der Waals surface area contributed by atoms with Gasteiger partial charge in [-0.25, -0.2) is 9.59 Å². The molecule has 0 saturated carbocycles. The quantitative estimate of drug-likeness (QED) is 0.234. The van der Waals surface area contributed by atoms with Crippen LogP contribution in [0.1, 0.15) is 15.9 Å². The summed E-state index contributed by atoms with van der Waals surface area (Å²) in [6.45, 7) is 1.85. The van der Waals surface area contributed by atoms with Gasteiger partial charge in [0, 0.05) is 17.5 Å². The highest BCUT2D eigenvalue weighted by Gasteiger charge is 2.16. The van der Waals surface area contributed by atoms with Crippen LogP contribution in [0.4, 0.5) is 0 Å². The lowest BCUT2D eigenvalue weighted by Gasteiger charge is -2.11. The molecule has 0 fully saturated rings. The maximum absolute atomic E-state index is 12.8. The largest absolute Gasteiger partial charge is 0.497 e. The van der Waals surface area contributed by atoms with Crippen molar-refractivity contribution in [3.05, 3.63) is 82.2 Å². The highest BCUT2D eigenvalue weighted by atomic mass is 16.5. The highest BCUT2D eigenvalue weighted by molar-refractivity contribution is 5.93. The molecule has 1 heterocycles. The Morgan fingerprint density at radius 1 is 0.758 bits per heavy atom. The summed E-state index contributed by atoms with van der Waals surface area (Å²) in [6, 6.07) is 16.9. The van der Waals surface area contributed by atoms with E-state index in [0.717, 1.165) is 16.5 Å². The summed E-state index contributed by atoms with van der Waals surface area (Å²) in [5.41, 5.74) is 2.07. The third-order valence-corrected chi connectivity index (χ3v) is 5.32. The number of rotatable bonds is 6. The third kappa shape index (κ3) is 4.39. The Hall–Kier alpha value is -4.26. The molecule has 0 radical (unpaired) electrons. The zero-order valence-corrected chi connectivity index (χ0v) is 18.6. The van der Waals surface area contributed by atoms with E-state index < -0.39 is 11.6 Å². The molecule has 0 bridgehead atoms. The minimum atomic E-state index is -0.597.